The summed E-state index contributed by atoms with van der Waals surface area (Å²) >= 11 is 1.72. The molecule has 2 aromatic carbocycles. The highest BCUT2D eigenvalue weighted by atomic mass is 32.2. The maximum Gasteiger partial charge on any atom is 0.174 e. The maximum absolute atomic E-state index is 12.5. The number of thioether (sulfide) groups is 1. The molecule has 0 radical (unpaired) electrons. The van der Waals surface area contributed by atoms with E-state index < -0.39 is 0 Å². The minimum absolute atomic E-state index is 0.233. The van der Waals surface area contributed by atoms with Crippen molar-refractivity contribution in [1.29, 1.82) is 0 Å². The molecule has 2 aliphatic rings. The third kappa shape index (κ3) is 2.36. The smallest absolute Gasteiger partial charge is 0.174 e. The largest absolute Gasteiger partial charge is 0.481 e. The van der Waals surface area contributed by atoms with E-state index in [1.165, 1.54) is 11.1 Å². The topological polar surface area (TPSA) is 26.3 Å². The number of carbonyl (C=O) groups is 1. The molecule has 1 aliphatic carbocycles. The molecule has 2 unspecified atom stereocenters. The van der Waals surface area contributed by atoms with Gasteiger partial charge in [-0.05, 0) is 35.6 Å². The zero-order valence-electron chi connectivity index (χ0n) is 11.6. The fourth-order valence-electron chi connectivity index (χ4n) is 3.10. The van der Waals surface area contributed by atoms with Gasteiger partial charge in [-0.2, -0.15) is 0 Å². The van der Waals surface area contributed by atoms with Gasteiger partial charge in [0.1, 0.15) is 5.75 Å². The lowest BCUT2D eigenvalue weighted by atomic mass is 9.75. The number of rotatable bonds is 3. The van der Waals surface area contributed by atoms with Crippen molar-refractivity contribution >= 4 is 17.5 Å². The summed E-state index contributed by atoms with van der Waals surface area (Å²) in [5.74, 6) is 2.20. The summed E-state index contributed by atoms with van der Waals surface area (Å²) in [6.45, 7) is 0. The summed E-state index contributed by atoms with van der Waals surface area (Å²) in [6.07, 6.45) is 1.33. The van der Waals surface area contributed by atoms with E-state index in [9.17, 15) is 4.79 Å². The molecule has 0 saturated carbocycles. The van der Waals surface area contributed by atoms with Crippen molar-refractivity contribution in [1.82, 2.24) is 0 Å². The molecule has 2 aromatic rings. The Bertz CT molecular complexity index is 695. The minimum atomic E-state index is -0.294. The monoisotopic (exact) mass is 296 g/mol. The summed E-state index contributed by atoms with van der Waals surface area (Å²) in [6, 6.07) is 16.4. The summed E-state index contributed by atoms with van der Waals surface area (Å²) in [5.41, 5.74) is 2.73. The molecule has 0 amide bonds. The Hall–Kier alpha value is -1.74. The van der Waals surface area contributed by atoms with Crippen LogP contribution in [-0.2, 0) is 11.2 Å². The SMILES string of the molecule is O=C(CC1Cc2ccccc21)C1CSc2ccccc2O1. The lowest BCUT2D eigenvalue weighted by molar-refractivity contribution is -0.125. The van der Waals surface area contributed by atoms with E-state index in [1.807, 2.05) is 24.3 Å². The number of ether oxygens (including phenoxy) is 1. The Morgan fingerprint density at radius 3 is 2.86 bits per heavy atom. The molecule has 0 spiro atoms. The molecule has 2 atom stereocenters. The van der Waals surface area contributed by atoms with E-state index in [4.69, 9.17) is 4.74 Å². The highest BCUT2D eigenvalue weighted by Crippen LogP contribution is 2.39. The van der Waals surface area contributed by atoms with E-state index in [0.29, 0.717) is 12.3 Å². The van der Waals surface area contributed by atoms with Gasteiger partial charge in [-0.25, -0.2) is 0 Å². The molecule has 106 valence electrons. The Morgan fingerprint density at radius 2 is 1.95 bits per heavy atom. The second-order valence-electron chi connectivity index (χ2n) is 5.63. The van der Waals surface area contributed by atoms with Gasteiger partial charge in [-0.15, -0.1) is 11.8 Å². The number of Topliss-reactive ketones (excluding diaryl/α,β-unsaturated/α-hetero) is 1. The first-order valence-corrected chi connectivity index (χ1v) is 8.29. The van der Waals surface area contributed by atoms with Crippen LogP contribution in [-0.4, -0.2) is 17.6 Å². The normalized spacial score (nSPS) is 22.5. The molecule has 0 N–H and O–H groups in total. The second-order valence-corrected chi connectivity index (χ2v) is 6.70. The van der Waals surface area contributed by atoms with Crippen LogP contribution in [0.2, 0.25) is 0 Å². The van der Waals surface area contributed by atoms with E-state index in [-0.39, 0.29) is 11.9 Å². The van der Waals surface area contributed by atoms with Crippen molar-refractivity contribution in [2.45, 2.75) is 29.8 Å². The van der Waals surface area contributed by atoms with Crippen molar-refractivity contribution in [3.63, 3.8) is 0 Å². The van der Waals surface area contributed by atoms with Crippen molar-refractivity contribution < 1.29 is 9.53 Å². The van der Waals surface area contributed by atoms with Crippen LogP contribution >= 0.6 is 11.8 Å². The van der Waals surface area contributed by atoms with Crippen LogP contribution < -0.4 is 4.74 Å². The van der Waals surface area contributed by atoms with Crippen molar-refractivity contribution in [2.75, 3.05) is 5.75 Å². The molecule has 4 rings (SSSR count). The Morgan fingerprint density at radius 1 is 1.14 bits per heavy atom. The van der Waals surface area contributed by atoms with Crippen LogP contribution in [0.25, 0.3) is 0 Å². The standard InChI is InChI=1S/C18H16O2S/c19-15(10-13-9-12-5-1-2-6-14(12)13)17-11-21-18-8-4-3-7-16(18)20-17/h1-8,13,17H,9-11H2. The fraction of sp³-hybridized carbons (Fsp3) is 0.278. The van der Waals surface area contributed by atoms with Crippen LogP contribution in [0.4, 0.5) is 0 Å². The third-order valence-corrected chi connectivity index (χ3v) is 5.39. The molecule has 1 heterocycles. The quantitative estimate of drug-likeness (QED) is 0.861. The average molecular weight is 296 g/mol. The number of fused-ring (bicyclic) bond motifs is 2. The molecule has 0 saturated heterocycles. The van der Waals surface area contributed by atoms with Gasteiger partial charge < -0.3 is 4.74 Å². The lowest BCUT2D eigenvalue weighted by Crippen LogP contribution is -2.34. The number of hydrogen-bond acceptors (Lipinski definition) is 3. The molecule has 3 heteroatoms. The molecule has 21 heavy (non-hydrogen) atoms. The molecule has 1 aliphatic heterocycles. The van der Waals surface area contributed by atoms with Crippen molar-refractivity contribution in [2.24, 2.45) is 0 Å². The first-order valence-electron chi connectivity index (χ1n) is 7.30. The zero-order valence-corrected chi connectivity index (χ0v) is 12.4. The highest BCUT2D eigenvalue weighted by Gasteiger charge is 2.32. The van der Waals surface area contributed by atoms with E-state index >= 15 is 0 Å². The second kappa shape index (κ2) is 5.23. The van der Waals surface area contributed by atoms with Crippen LogP contribution in [0, 0.1) is 0 Å². The number of ketones is 1. The first-order chi connectivity index (χ1) is 10.3. The summed E-state index contributed by atoms with van der Waals surface area (Å²) < 4.78 is 5.88. The van der Waals surface area contributed by atoms with Crippen LogP contribution in [0.5, 0.6) is 5.75 Å². The van der Waals surface area contributed by atoms with Gasteiger partial charge in [0.2, 0.25) is 0 Å². The Labute approximate surface area is 128 Å². The molecule has 0 aromatic heterocycles. The Kier molecular flexibility index (Phi) is 3.23. The summed E-state index contributed by atoms with van der Waals surface area (Å²) in [4.78, 5) is 13.6. The van der Waals surface area contributed by atoms with Gasteiger partial charge >= 0.3 is 0 Å². The van der Waals surface area contributed by atoms with Crippen LogP contribution in [0.15, 0.2) is 53.4 Å². The first kappa shape index (κ1) is 13.0. The van der Waals surface area contributed by atoms with Crippen molar-refractivity contribution in [3.8, 4) is 5.75 Å². The number of carbonyl (C=O) groups excluding carboxylic acids is 1. The van der Waals surface area contributed by atoms with Gasteiger partial charge in [0.25, 0.3) is 0 Å². The van der Waals surface area contributed by atoms with Gasteiger partial charge in [-0.3, -0.25) is 4.79 Å². The predicted molar refractivity (Wildman–Crippen MR) is 84.1 cm³/mol. The summed E-state index contributed by atoms with van der Waals surface area (Å²) in [5, 5.41) is 0. The van der Waals surface area contributed by atoms with Crippen LogP contribution in [0.1, 0.15) is 23.5 Å². The average Bonchev–Trinajstić information content (AvgIpc) is 2.52. The number of benzene rings is 2. The number of para-hydroxylation sites is 1. The fourth-order valence-corrected chi connectivity index (χ4v) is 4.12. The van der Waals surface area contributed by atoms with Gasteiger partial charge in [0.15, 0.2) is 11.9 Å². The highest BCUT2D eigenvalue weighted by molar-refractivity contribution is 7.99. The lowest BCUT2D eigenvalue weighted by Gasteiger charge is -2.31. The maximum atomic E-state index is 12.5. The molecular formula is C18H16O2S. The molecule has 0 bridgehead atoms. The molecule has 0 fully saturated rings. The Balaban J connectivity index is 1.43. The van der Waals surface area contributed by atoms with Gasteiger partial charge in [0.05, 0.1) is 0 Å². The van der Waals surface area contributed by atoms with Gasteiger partial charge in [0, 0.05) is 17.1 Å². The van der Waals surface area contributed by atoms with Gasteiger partial charge in [-0.1, -0.05) is 36.4 Å². The molecule has 2 nitrogen and oxygen atoms in total. The zero-order chi connectivity index (χ0) is 14.2. The van der Waals surface area contributed by atoms with E-state index in [2.05, 4.69) is 24.3 Å². The van der Waals surface area contributed by atoms with Crippen LogP contribution in [0.3, 0.4) is 0 Å². The van der Waals surface area contributed by atoms with E-state index in [1.54, 1.807) is 11.8 Å². The third-order valence-electron chi connectivity index (χ3n) is 4.28. The number of hydrogen-bond donors (Lipinski definition) is 0. The van der Waals surface area contributed by atoms with E-state index in [0.717, 1.165) is 22.8 Å². The summed E-state index contributed by atoms with van der Waals surface area (Å²) in [7, 11) is 0. The predicted octanol–water partition coefficient (Wildman–Crippen LogP) is 3.84. The van der Waals surface area contributed by atoms with Crippen molar-refractivity contribution in [3.05, 3.63) is 59.7 Å². The molecular weight excluding hydrogens is 280 g/mol. The minimum Gasteiger partial charge on any atom is -0.481 e.